The van der Waals surface area contributed by atoms with Gasteiger partial charge in [-0.25, -0.2) is 0 Å². The van der Waals surface area contributed by atoms with Crippen LogP contribution in [0.25, 0.3) is 0 Å². The van der Waals surface area contributed by atoms with E-state index in [9.17, 15) is 19.8 Å². The third-order valence-corrected chi connectivity index (χ3v) is 4.32. The Hall–Kier alpha value is -1.17. The van der Waals surface area contributed by atoms with Gasteiger partial charge in [-0.1, -0.05) is 30.0 Å². The van der Waals surface area contributed by atoms with Gasteiger partial charge < -0.3 is 10.2 Å². The summed E-state index contributed by atoms with van der Waals surface area (Å²) in [6, 6.07) is 5.21. The molecular weight excluding hydrogens is 276 g/mol. The summed E-state index contributed by atoms with van der Waals surface area (Å²) < 4.78 is 0. The Balaban J connectivity index is 2.00. The maximum atomic E-state index is 11.5. The number of benzene rings is 1. The fourth-order valence-electron chi connectivity index (χ4n) is 2.36. The van der Waals surface area contributed by atoms with Crippen molar-refractivity contribution in [1.82, 2.24) is 0 Å². The second-order valence-corrected chi connectivity index (χ2v) is 6.25. The highest BCUT2D eigenvalue weighted by atomic mass is 32.2. The van der Waals surface area contributed by atoms with Gasteiger partial charge in [0.15, 0.2) is 10.9 Å². The van der Waals surface area contributed by atoms with Crippen molar-refractivity contribution in [2.24, 2.45) is 0 Å². The summed E-state index contributed by atoms with van der Waals surface area (Å²) in [7, 11) is 0. The molecule has 2 atom stereocenters. The summed E-state index contributed by atoms with van der Waals surface area (Å²) in [5.41, 5.74) is 2.29. The average Bonchev–Trinajstić information content (AvgIpc) is 2.78. The molecule has 0 saturated heterocycles. The SMILES string of the molecule is CC(=O)SCCC(O)C(O)c1ccc2c(c1)CCC2=O. The molecule has 0 spiro atoms. The maximum Gasteiger partial charge on any atom is 0.185 e. The maximum absolute atomic E-state index is 11.5. The molecule has 1 aliphatic carbocycles. The first kappa shape index (κ1) is 15.2. The van der Waals surface area contributed by atoms with E-state index in [1.807, 2.05) is 0 Å². The molecule has 0 amide bonds. The van der Waals surface area contributed by atoms with Crippen molar-refractivity contribution in [2.75, 3.05) is 5.75 Å². The average molecular weight is 294 g/mol. The number of hydrogen-bond donors (Lipinski definition) is 2. The van der Waals surface area contributed by atoms with E-state index in [2.05, 4.69) is 0 Å². The van der Waals surface area contributed by atoms with Gasteiger partial charge >= 0.3 is 0 Å². The first-order chi connectivity index (χ1) is 9.49. The lowest BCUT2D eigenvalue weighted by Crippen LogP contribution is -2.19. The van der Waals surface area contributed by atoms with Gasteiger partial charge in [0.25, 0.3) is 0 Å². The number of fused-ring (bicyclic) bond motifs is 1. The van der Waals surface area contributed by atoms with E-state index in [-0.39, 0.29) is 10.9 Å². The van der Waals surface area contributed by atoms with Crippen LogP contribution in [0.4, 0.5) is 0 Å². The predicted octanol–water partition coefficient (Wildman–Crippen LogP) is 1.88. The van der Waals surface area contributed by atoms with Crippen LogP contribution in [-0.2, 0) is 11.2 Å². The number of hydrogen-bond acceptors (Lipinski definition) is 5. The Morgan fingerprint density at radius 3 is 2.80 bits per heavy atom. The minimum Gasteiger partial charge on any atom is -0.390 e. The van der Waals surface area contributed by atoms with Gasteiger partial charge in [0.05, 0.1) is 6.10 Å². The number of aliphatic hydroxyl groups excluding tert-OH is 2. The Labute approximate surface area is 122 Å². The van der Waals surface area contributed by atoms with Crippen molar-refractivity contribution in [1.29, 1.82) is 0 Å². The van der Waals surface area contributed by atoms with Crippen molar-refractivity contribution in [3.05, 3.63) is 34.9 Å². The summed E-state index contributed by atoms with van der Waals surface area (Å²) in [5.74, 6) is 0.621. The molecular formula is C15H18O4S. The van der Waals surface area contributed by atoms with Crippen molar-refractivity contribution >= 4 is 22.7 Å². The zero-order chi connectivity index (χ0) is 14.7. The summed E-state index contributed by atoms with van der Waals surface area (Å²) in [6.07, 6.45) is -0.320. The molecule has 2 N–H and O–H groups in total. The van der Waals surface area contributed by atoms with Gasteiger partial charge in [0.1, 0.15) is 6.10 Å². The summed E-state index contributed by atoms with van der Waals surface area (Å²) in [6.45, 7) is 1.48. The second-order valence-electron chi connectivity index (χ2n) is 4.98. The third-order valence-electron chi connectivity index (χ3n) is 3.48. The lowest BCUT2D eigenvalue weighted by Gasteiger charge is -2.18. The monoisotopic (exact) mass is 294 g/mol. The van der Waals surface area contributed by atoms with Crippen LogP contribution in [0.3, 0.4) is 0 Å². The van der Waals surface area contributed by atoms with E-state index in [0.29, 0.717) is 30.6 Å². The molecule has 1 aromatic rings. The van der Waals surface area contributed by atoms with Crippen molar-refractivity contribution in [3.8, 4) is 0 Å². The zero-order valence-corrected chi connectivity index (χ0v) is 12.2. The number of thioether (sulfide) groups is 1. The Kier molecular flexibility index (Phi) is 4.96. The fourth-order valence-corrected chi connectivity index (χ4v) is 3.01. The first-order valence-corrected chi connectivity index (χ1v) is 7.63. The standard InChI is InChI=1S/C15H18O4S/c1-9(16)20-7-6-14(18)15(19)11-2-4-12-10(8-11)3-5-13(12)17/h2,4,8,14-15,18-19H,3,5-7H2,1H3. The van der Waals surface area contributed by atoms with Crippen LogP contribution in [0.2, 0.25) is 0 Å². The Bertz CT molecular complexity index is 527. The molecule has 2 unspecified atom stereocenters. The molecule has 0 radical (unpaired) electrons. The molecule has 2 rings (SSSR count). The van der Waals surface area contributed by atoms with Gasteiger partial charge in [0, 0.05) is 24.7 Å². The summed E-state index contributed by atoms with van der Waals surface area (Å²) in [4.78, 5) is 22.3. The number of carbonyl (C=O) groups is 2. The van der Waals surface area contributed by atoms with E-state index in [0.717, 1.165) is 22.9 Å². The van der Waals surface area contributed by atoms with E-state index in [4.69, 9.17) is 0 Å². The van der Waals surface area contributed by atoms with Crippen LogP contribution in [0.5, 0.6) is 0 Å². The molecule has 0 aromatic heterocycles. The van der Waals surface area contributed by atoms with Crippen LogP contribution in [0.1, 0.15) is 47.4 Å². The number of ketones is 1. The number of rotatable bonds is 5. The molecule has 5 heteroatoms. The van der Waals surface area contributed by atoms with E-state index >= 15 is 0 Å². The zero-order valence-electron chi connectivity index (χ0n) is 11.3. The first-order valence-electron chi connectivity index (χ1n) is 6.64. The number of aryl methyl sites for hydroxylation is 1. The highest BCUT2D eigenvalue weighted by molar-refractivity contribution is 8.13. The molecule has 1 aliphatic rings. The third kappa shape index (κ3) is 3.48. The number of Topliss-reactive ketones (excluding diaryl/α,β-unsaturated/α-hetero) is 1. The van der Waals surface area contributed by atoms with Crippen molar-refractivity contribution in [3.63, 3.8) is 0 Å². The lowest BCUT2D eigenvalue weighted by molar-refractivity contribution is -0.109. The minimum absolute atomic E-state index is 0.00253. The van der Waals surface area contributed by atoms with Gasteiger partial charge in [-0.15, -0.1) is 0 Å². The summed E-state index contributed by atoms with van der Waals surface area (Å²) in [5, 5.41) is 20.1. The van der Waals surface area contributed by atoms with Crippen LogP contribution < -0.4 is 0 Å². The molecule has 0 fully saturated rings. The van der Waals surface area contributed by atoms with Gasteiger partial charge in [0.2, 0.25) is 0 Å². The number of aliphatic hydroxyl groups is 2. The van der Waals surface area contributed by atoms with E-state index in [1.54, 1.807) is 18.2 Å². The van der Waals surface area contributed by atoms with Crippen molar-refractivity contribution < 1.29 is 19.8 Å². The molecule has 4 nitrogen and oxygen atoms in total. The molecule has 0 saturated carbocycles. The van der Waals surface area contributed by atoms with Crippen LogP contribution in [-0.4, -0.2) is 33.0 Å². The van der Waals surface area contributed by atoms with E-state index in [1.165, 1.54) is 6.92 Å². The van der Waals surface area contributed by atoms with Crippen LogP contribution in [0.15, 0.2) is 18.2 Å². The van der Waals surface area contributed by atoms with Gasteiger partial charge in [-0.05, 0) is 24.0 Å². The lowest BCUT2D eigenvalue weighted by atomic mass is 9.98. The molecule has 0 bridgehead atoms. The smallest absolute Gasteiger partial charge is 0.185 e. The van der Waals surface area contributed by atoms with Crippen LogP contribution in [0, 0.1) is 0 Å². The van der Waals surface area contributed by atoms with Gasteiger partial charge in [-0.3, -0.25) is 9.59 Å². The second kappa shape index (κ2) is 6.52. The molecule has 20 heavy (non-hydrogen) atoms. The van der Waals surface area contributed by atoms with Crippen molar-refractivity contribution in [2.45, 2.75) is 38.4 Å². The topological polar surface area (TPSA) is 74.6 Å². The van der Waals surface area contributed by atoms with Gasteiger partial charge in [-0.2, -0.15) is 0 Å². The summed E-state index contributed by atoms with van der Waals surface area (Å²) >= 11 is 1.14. The molecule has 108 valence electrons. The highest BCUT2D eigenvalue weighted by Crippen LogP contribution is 2.27. The molecule has 0 aliphatic heterocycles. The fraction of sp³-hybridized carbons (Fsp3) is 0.467. The Morgan fingerprint density at radius 2 is 2.10 bits per heavy atom. The van der Waals surface area contributed by atoms with E-state index < -0.39 is 12.2 Å². The largest absolute Gasteiger partial charge is 0.390 e. The molecule has 1 aromatic carbocycles. The highest BCUT2D eigenvalue weighted by Gasteiger charge is 2.23. The normalized spacial score (nSPS) is 16.9. The minimum atomic E-state index is -0.983. The predicted molar refractivity (Wildman–Crippen MR) is 77.8 cm³/mol. The molecule has 0 heterocycles. The quantitative estimate of drug-likeness (QED) is 0.867. The van der Waals surface area contributed by atoms with Crippen LogP contribution >= 0.6 is 11.8 Å². The Morgan fingerprint density at radius 1 is 1.35 bits per heavy atom. The number of carbonyl (C=O) groups excluding carboxylic acids is 2.